The zero-order chi connectivity index (χ0) is 23.7. The monoisotopic (exact) mass is 465 g/mol. The summed E-state index contributed by atoms with van der Waals surface area (Å²) < 4.78 is 22.8. The van der Waals surface area contributed by atoms with E-state index < -0.39 is 0 Å². The highest BCUT2D eigenvalue weighted by Gasteiger charge is 2.24. The lowest BCUT2D eigenvalue weighted by atomic mass is 10.1. The lowest BCUT2D eigenvalue weighted by Gasteiger charge is -2.26. The molecule has 178 valence electrons. The summed E-state index contributed by atoms with van der Waals surface area (Å²) in [7, 11) is 1.64. The third kappa shape index (κ3) is 4.28. The van der Waals surface area contributed by atoms with E-state index in [0.29, 0.717) is 54.6 Å². The lowest BCUT2D eigenvalue weighted by Crippen LogP contribution is -2.39. The molecular formula is C24H27N5O5. The number of carbonyl (C=O) groups is 1. The Morgan fingerprint density at radius 3 is 3.00 bits per heavy atom. The van der Waals surface area contributed by atoms with Gasteiger partial charge < -0.3 is 29.2 Å². The second-order valence-corrected chi connectivity index (χ2v) is 8.51. The van der Waals surface area contributed by atoms with Gasteiger partial charge in [-0.3, -0.25) is 4.79 Å². The van der Waals surface area contributed by atoms with Crippen molar-refractivity contribution in [2.24, 2.45) is 10.9 Å². The highest BCUT2D eigenvalue weighted by molar-refractivity contribution is 5.72. The maximum absolute atomic E-state index is 12.6. The van der Waals surface area contributed by atoms with Crippen molar-refractivity contribution >= 4 is 24.1 Å². The van der Waals surface area contributed by atoms with Gasteiger partial charge in [0.2, 0.25) is 6.79 Å². The molecule has 5 rings (SSSR count). The van der Waals surface area contributed by atoms with Crippen molar-refractivity contribution in [3.05, 3.63) is 46.2 Å². The normalized spacial score (nSPS) is 22.0. The van der Waals surface area contributed by atoms with E-state index in [1.165, 1.54) is 6.33 Å². The first kappa shape index (κ1) is 22.1. The summed E-state index contributed by atoms with van der Waals surface area (Å²) in [6.07, 6.45) is 7.20. The summed E-state index contributed by atoms with van der Waals surface area (Å²) in [4.78, 5) is 28.1. The Kier molecular flexibility index (Phi) is 6.06. The van der Waals surface area contributed by atoms with Gasteiger partial charge in [0.1, 0.15) is 17.8 Å². The number of nitrogens with zero attached hydrogens (tertiary/aromatic N) is 4. The van der Waals surface area contributed by atoms with Crippen LogP contribution in [-0.4, -0.2) is 60.5 Å². The van der Waals surface area contributed by atoms with Crippen LogP contribution in [0.5, 0.6) is 11.5 Å². The molecule has 2 bridgehead atoms. The highest BCUT2D eigenvalue weighted by Crippen LogP contribution is 2.30. The van der Waals surface area contributed by atoms with Crippen LogP contribution in [0.25, 0.3) is 12.3 Å². The Balaban J connectivity index is 1.70. The molecule has 10 heteroatoms. The number of carbonyl (C=O) groups excluding carboxylic acids is 1. The molecule has 2 atom stereocenters. The van der Waals surface area contributed by atoms with Crippen LogP contribution < -0.4 is 25.4 Å². The van der Waals surface area contributed by atoms with Crippen LogP contribution in [0.1, 0.15) is 25.0 Å². The summed E-state index contributed by atoms with van der Waals surface area (Å²) in [5.41, 5.74) is 1.68. The van der Waals surface area contributed by atoms with E-state index in [1.807, 2.05) is 37.1 Å². The minimum atomic E-state index is -0.355. The number of ether oxygens (including phenoxy) is 4. The number of hydrogen-bond acceptors (Lipinski definition) is 10. The molecular weight excluding hydrogens is 438 g/mol. The summed E-state index contributed by atoms with van der Waals surface area (Å²) >= 11 is 0. The average molecular weight is 466 g/mol. The summed E-state index contributed by atoms with van der Waals surface area (Å²) in [5, 5.41) is 4.85. The number of cyclic esters (lactones) is 1. The molecule has 4 heterocycles. The van der Waals surface area contributed by atoms with Crippen molar-refractivity contribution in [2.45, 2.75) is 26.4 Å². The second-order valence-electron chi connectivity index (χ2n) is 8.51. The Hall–Kier alpha value is -3.66. The Morgan fingerprint density at radius 1 is 1.26 bits per heavy atom. The second kappa shape index (κ2) is 9.30. The molecule has 1 aromatic carbocycles. The fraction of sp³-hybridized carbons (Fsp3) is 0.417. The van der Waals surface area contributed by atoms with Crippen LogP contribution in [0.2, 0.25) is 0 Å². The smallest absolute Gasteiger partial charge is 0.310 e. The van der Waals surface area contributed by atoms with E-state index in [0.717, 1.165) is 16.3 Å². The topological polar surface area (TPSA) is 107 Å². The summed E-state index contributed by atoms with van der Waals surface area (Å²) in [6, 6.07) is 1.93. The molecule has 34 heavy (non-hydrogen) atoms. The lowest BCUT2D eigenvalue weighted by molar-refractivity contribution is -0.152. The number of benzene rings is 1. The minimum absolute atomic E-state index is 0.122. The molecule has 0 saturated heterocycles. The third-order valence-electron chi connectivity index (χ3n) is 5.95. The molecule has 0 amide bonds. The molecule has 1 N–H and O–H groups in total. The molecule has 0 spiro atoms. The third-order valence-corrected chi connectivity index (χ3v) is 5.95. The van der Waals surface area contributed by atoms with Crippen molar-refractivity contribution in [1.82, 2.24) is 20.2 Å². The largest absolute Gasteiger partial charge is 0.482 e. The number of methoxy groups -OCH3 is 1. The van der Waals surface area contributed by atoms with Gasteiger partial charge in [-0.25, -0.2) is 15.0 Å². The number of esters is 1. The Bertz CT molecular complexity index is 1260. The van der Waals surface area contributed by atoms with Gasteiger partial charge in [0.25, 0.3) is 0 Å². The van der Waals surface area contributed by atoms with Crippen molar-refractivity contribution in [2.75, 3.05) is 33.5 Å². The molecule has 10 nitrogen and oxygen atoms in total. The predicted octanol–water partition coefficient (Wildman–Crippen LogP) is 0.869. The van der Waals surface area contributed by atoms with Gasteiger partial charge in [0.15, 0.2) is 23.2 Å². The van der Waals surface area contributed by atoms with Crippen LogP contribution >= 0.6 is 0 Å². The average Bonchev–Trinajstić information content (AvgIpc) is 3.30. The SMILES string of the molecule is COC1=Cc2cc3c(c4c2=CN1CCNCC(C)C(=O)OC(C)Cc1cncnc1N=4)OCO3. The van der Waals surface area contributed by atoms with Gasteiger partial charge in [-0.05, 0) is 18.6 Å². The first-order chi connectivity index (χ1) is 16.5. The fourth-order valence-corrected chi connectivity index (χ4v) is 4.18. The summed E-state index contributed by atoms with van der Waals surface area (Å²) in [5.74, 6) is 1.86. The number of aromatic nitrogens is 2. The molecule has 0 fully saturated rings. The van der Waals surface area contributed by atoms with E-state index in [2.05, 4.69) is 15.3 Å². The van der Waals surface area contributed by atoms with Gasteiger partial charge in [-0.2, -0.15) is 0 Å². The number of fused-ring (bicyclic) bond motifs is 4. The molecule has 0 aliphatic carbocycles. The standard InChI is InChI=1S/C24H27N5O5/c1-14-9-25-4-5-29-11-18-16(8-20(29)31-3)7-19-22(33-13-32-19)21(18)28-23-17(10-26-12-27-23)6-15(2)34-24(14)30/h7-8,10-12,14-15,25H,4-6,9,13H2,1-3H3. The van der Waals surface area contributed by atoms with Gasteiger partial charge >= 0.3 is 5.97 Å². The van der Waals surface area contributed by atoms with Crippen molar-refractivity contribution in [3.63, 3.8) is 0 Å². The predicted molar refractivity (Wildman–Crippen MR) is 122 cm³/mol. The van der Waals surface area contributed by atoms with Crippen LogP contribution in [0.4, 0.5) is 5.82 Å². The summed E-state index contributed by atoms with van der Waals surface area (Å²) in [6.45, 7) is 5.63. The maximum atomic E-state index is 12.6. The van der Waals surface area contributed by atoms with E-state index in [9.17, 15) is 4.79 Å². The van der Waals surface area contributed by atoms with Crippen LogP contribution in [0.15, 0.2) is 29.5 Å². The molecule has 3 aliphatic rings. The minimum Gasteiger partial charge on any atom is -0.482 e. The number of nitrogens with one attached hydrogen (secondary N) is 1. The van der Waals surface area contributed by atoms with Crippen LogP contribution in [0, 0.1) is 5.92 Å². The first-order valence-electron chi connectivity index (χ1n) is 11.3. The van der Waals surface area contributed by atoms with E-state index in [-0.39, 0.29) is 24.8 Å². The molecule has 1 aromatic heterocycles. The van der Waals surface area contributed by atoms with Gasteiger partial charge in [-0.15, -0.1) is 0 Å². The molecule has 2 unspecified atom stereocenters. The number of hydrogen-bond donors (Lipinski definition) is 1. The zero-order valence-electron chi connectivity index (χ0n) is 19.4. The van der Waals surface area contributed by atoms with Gasteiger partial charge in [0.05, 0.1) is 13.0 Å². The molecule has 0 saturated carbocycles. The van der Waals surface area contributed by atoms with Crippen molar-refractivity contribution < 1.29 is 23.7 Å². The molecule has 3 aliphatic heterocycles. The Labute approximate surface area is 196 Å². The van der Waals surface area contributed by atoms with E-state index in [4.69, 9.17) is 23.9 Å². The van der Waals surface area contributed by atoms with Gasteiger partial charge in [0, 0.05) is 55.3 Å². The van der Waals surface area contributed by atoms with Crippen LogP contribution in [0.3, 0.4) is 0 Å². The first-order valence-corrected chi connectivity index (χ1v) is 11.3. The van der Waals surface area contributed by atoms with Crippen molar-refractivity contribution in [3.8, 4) is 11.5 Å². The number of rotatable bonds is 1. The van der Waals surface area contributed by atoms with Crippen LogP contribution in [-0.2, 0) is 20.7 Å². The molecule has 2 aromatic rings. The van der Waals surface area contributed by atoms with E-state index >= 15 is 0 Å². The van der Waals surface area contributed by atoms with E-state index in [1.54, 1.807) is 13.3 Å². The van der Waals surface area contributed by atoms with Gasteiger partial charge in [-0.1, -0.05) is 6.92 Å². The maximum Gasteiger partial charge on any atom is 0.310 e. The Morgan fingerprint density at radius 2 is 2.15 bits per heavy atom. The zero-order valence-corrected chi connectivity index (χ0v) is 19.4. The fourth-order valence-electron chi connectivity index (χ4n) is 4.18. The molecule has 0 radical (unpaired) electrons. The quantitative estimate of drug-likeness (QED) is 0.614. The van der Waals surface area contributed by atoms with Crippen molar-refractivity contribution in [1.29, 1.82) is 0 Å². The highest BCUT2D eigenvalue weighted by atomic mass is 16.7.